The Kier molecular flexibility index (Phi) is 5.77. The van der Waals surface area contributed by atoms with Crippen LogP contribution in [0.4, 0.5) is 16.2 Å². The molecule has 0 spiro atoms. The third-order valence-electron chi connectivity index (χ3n) is 3.21. The molecule has 9 heteroatoms. The second-order valence-corrected chi connectivity index (χ2v) is 6.58. The minimum absolute atomic E-state index is 0.145. The van der Waals surface area contributed by atoms with Crippen LogP contribution in [0.15, 0.2) is 54.6 Å². The first-order chi connectivity index (χ1) is 12.6. The number of carbonyl (C=O) groups excluding carboxylic acids is 2. The maximum atomic E-state index is 12.1. The smallest absolute Gasteiger partial charge is 0.319 e. The van der Waals surface area contributed by atoms with E-state index in [1.807, 2.05) is 18.2 Å². The zero-order valence-electron chi connectivity index (χ0n) is 13.4. The number of aromatic nitrogens is 2. The van der Waals surface area contributed by atoms with Gasteiger partial charge in [0.15, 0.2) is 0 Å². The highest BCUT2D eigenvalue weighted by molar-refractivity contribution is 7.13. The quantitative estimate of drug-likeness (QED) is 0.621. The number of rotatable bonds is 5. The Morgan fingerprint density at radius 3 is 2.46 bits per heavy atom. The van der Waals surface area contributed by atoms with Gasteiger partial charge in [0.05, 0.1) is 17.3 Å². The fourth-order valence-corrected chi connectivity index (χ4v) is 2.87. The maximum Gasteiger partial charge on any atom is 0.319 e. The normalized spacial score (nSPS) is 10.2. The number of para-hydroxylation sites is 2. The summed E-state index contributed by atoms with van der Waals surface area (Å²) in [5, 5.41) is 17.0. The molecular formula is C17H14ClN5O2S. The van der Waals surface area contributed by atoms with Crippen molar-refractivity contribution in [3.8, 4) is 0 Å². The minimum Gasteiger partial charge on any atom is -0.331 e. The molecule has 2 aromatic carbocycles. The van der Waals surface area contributed by atoms with Crippen molar-refractivity contribution in [2.45, 2.75) is 6.54 Å². The number of nitrogens with zero attached hydrogens (tertiary/aromatic N) is 2. The Labute approximate surface area is 158 Å². The Morgan fingerprint density at radius 2 is 1.69 bits per heavy atom. The predicted octanol–water partition coefficient (Wildman–Crippen LogP) is 3.77. The number of carbonyl (C=O) groups is 2. The molecule has 0 aliphatic heterocycles. The summed E-state index contributed by atoms with van der Waals surface area (Å²) in [4.78, 5) is 24.0. The monoisotopic (exact) mass is 387 g/mol. The zero-order valence-corrected chi connectivity index (χ0v) is 15.0. The van der Waals surface area contributed by atoms with Gasteiger partial charge in [-0.2, -0.15) is 0 Å². The van der Waals surface area contributed by atoms with Crippen LogP contribution in [-0.4, -0.2) is 22.1 Å². The zero-order chi connectivity index (χ0) is 18.4. The molecule has 3 rings (SSSR count). The molecule has 26 heavy (non-hydrogen) atoms. The summed E-state index contributed by atoms with van der Waals surface area (Å²) in [7, 11) is 0. The molecule has 1 heterocycles. The fourth-order valence-electron chi connectivity index (χ4n) is 2.01. The average Bonchev–Trinajstić information content (AvgIpc) is 3.12. The second-order valence-electron chi connectivity index (χ2n) is 5.11. The van der Waals surface area contributed by atoms with Crippen molar-refractivity contribution < 1.29 is 9.59 Å². The topological polar surface area (TPSA) is 96.0 Å². The van der Waals surface area contributed by atoms with Gasteiger partial charge < -0.3 is 16.0 Å². The molecule has 0 fully saturated rings. The van der Waals surface area contributed by atoms with Crippen LogP contribution >= 0.6 is 22.9 Å². The van der Waals surface area contributed by atoms with Crippen molar-refractivity contribution in [1.29, 1.82) is 0 Å². The first kappa shape index (κ1) is 17.8. The molecule has 3 aromatic rings. The van der Waals surface area contributed by atoms with E-state index in [-0.39, 0.29) is 17.5 Å². The number of nitrogens with one attached hydrogen (secondary N) is 3. The van der Waals surface area contributed by atoms with E-state index in [1.165, 1.54) is 0 Å². The van der Waals surface area contributed by atoms with Crippen molar-refractivity contribution in [1.82, 2.24) is 15.5 Å². The highest BCUT2D eigenvalue weighted by Crippen LogP contribution is 2.20. The van der Waals surface area contributed by atoms with E-state index >= 15 is 0 Å². The first-order valence-electron chi connectivity index (χ1n) is 7.60. The summed E-state index contributed by atoms with van der Waals surface area (Å²) in [6.07, 6.45) is 0. The largest absolute Gasteiger partial charge is 0.331 e. The molecule has 132 valence electrons. The highest BCUT2D eigenvalue weighted by Gasteiger charge is 2.14. The lowest BCUT2D eigenvalue weighted by molar-refractivity contribution is 0.102. The van der Waals surface area contributed by atoms with Crippen molar-refractivity contribution in [2.24, 2.45) is 0 Å². The van der Waals surface area contributed by atoms with Gasteiger partial charge in [-0.25, -0.2) is 4.79 Å². The molecule has 3 amide bonds. The van der Waals surface area contributed by atoms with Crippen molar-refractivity contribution in [3.05, 3.63) is 69.6 Å². The molecule has 0 saturated carbocycles. The summed E-state index contributed by atoms with van der Waals surface area (Å²) in [6.45, 7) is 0.145. The molecule has 0 bridgehead atoms. The Bertz CT molecular complexity index is 916. The van der Waals surface area contributed by atoms with Gasteiger partial charge in [-0.3, -0.25) is 4.79 Å². The molecule has 3 N–H and O–H groups in total. The molecule has 7 nitrogen and oxygen atoms in total. The van der Waals surface area contributed by atoms with Crippen LogP contribution in [0, 0.1) is 0 Å². The van der Waals surface area contributed by atoms with Gasteiger partial charge in [0, 0.05) is 5.69 Å². The van der Waals surface area contributed by atoms with Crippen molar-refractivity contribution in [3.63, 3.8) is 0 Å². The lowest BCUT2D eigenvalue weighted by Crippen LogP contribution is -2.28. The van der Waals surface area contributed by atoms with Gasteiger partial charge in [-0.15, -0.1) is 10.2 Å². The van der Waals surface area contributed by atoms with Crippen LogP contribution in [0.5, 0.6) is 0 Å². The number of benzene rings is 2. The van der Waals surface area contributed by atoms with Crippen LogP contribution in [0.25, 0.3) is 0 Å². The number of amides is 3. The van der Waals surface area contributed by atoms with Crippen molar-refractivity contribution >= 4 is 46.3 Å². The van der Waals surface area contributed by atoms with Gasteiger partial charge in [-0.05, 0) is 24.3 Å². The second kappa shape index (κ2) is 8.41. The predicted molar refractivity (Wildman–Crippen MR) is 102 cm³/mol. The summed E-state index contributed by atoms with van der Waals surface area (Å²) in [6, 6.07) is 15.5. The molecule has 0 aliphatic rings. The van der Waals surface area contributed by atoms with Crippen LogP contribution in [-0.2, 0) is 6.54 Å². The third kappa shape index (κ3) is 4.78. The van der Waals surface area contributed by atoms with Gasteiger partial charge >= 0.3 is 6.03 Å². The SMILES string of the molecule is O=C(NCc1nnc(C(=O)Nc2ccccc2)s1)Nc1ccccc1Cl. The molecule has 0 aliphatic carbocycles. The van der Waals surface area contributed by atoms with Crippen LogP contribution in [0.2, 0.25) is 5.02 Å². The summed E-state index contributed by atoms with van der Waals surface area (Å²) in [5.41, 5.74) is 1.18. The van der Waals surface area contributed by atoms with E-state index in [0.717, 1.165) is 11.3 Å². The van der Waals surface area contributed by atoms with E-state index in [1.54, 1.807) is 36.4 Å². The van der Waals surface area contributed by atoms with Crippen LogP contribution < -0.4 is 16.0 Å². The number of hydrogen-bond donors (Lipinski definition) is 3. The van der Waals surface area contributed by atoms with E-state index in [4.69, 9.17) is 11.6 Å². The molecule has 0 radical (unpaired) electrons. The van der Waals surface area contributed by atoms with E-state index in [0.29, 0.717) is 21.4 Å². The number of urea groups is 1. The summed E-state index contributed by atoms with van der Waals surface area (Å²) >= 11 is 7.09. The average molecular weight is 388 g/mol. The molecule has 1 aromatic heterocycles. The summed E-state index contributed by atoms with van der Waals surface area (Å²) < 4.78 is 0. The lowest BCUT2D eigenvalue weighted by Gasteiger charge is -2.07. The van der Waals surface area contributed by atoms with E-state index in [9.17, 15) is 9.59 Å². The molecule has 0 saturated heterocycles. The Hall–Kier alpha value is -2.97. The third-order valence-corrected chi connectivity index (χ3v) is 4.47. The standard InChI is InChI=1S/C17H14ClN5O2S/c18-12-8-4-5-9-13(12)21-17(25)19-10-14-22-23-16(26-14)15(24)20-11-6-2-1-3-7-11/h1-9H,10H2,(H,20,24)(H2,19,21,25). The summed E-state index contributed by atoms with van der Waals surface area (Å²) in [5.74, 6) is -0.347. The van der Waals surface area contributed by atoms with E-state index < -0.39 is 6.03 Å². The molecule has 0 atom stereocenters. The fraction of sp³-hybridized carbons (Fsp3) is 0.0588. The Morgan fingerprint density at radius 1 is 0.962 bits per heavy atom. The number of hydrogen-bond acceptors (Lipinski definition) is 5. The number of anilines is 2. The number of halogens is 1. The highest BCUT2D eigenvalue weighted by atomic mass is 35.5. The van der Waals surface area contributed by atoms with Crippen molar-refractivity contribution in [2.75, 3.05) is 10.6 Å². The van der Waals surface area contributed by atoms with Crippen LogP contribution in [0.1, 0.15) is 14.8 Å². The van der Waals surface area contributed by atoms with E-state index in [2.05, 4.69) is 26.1 Å². The minimum atomic E-state index is -0.427. The maximum absolute atomic E-state index is 12.1. The van der Waals surface area contributed by atoms with Gasteiger partial charge in [0.1, 0.15) is 5.01 Å². The first-order valence-corrected chi connectivity index (χ1v) is 8.79. The molecular weight excluding hydrogens is 374 g/mol. The molecule has 0 unspecified atom stereocenters. The van der Waals surface area contributed by atoms with Gasteiger partial charge in [0.25, 0.3) is 5.91 Å². The van der Waals surface area contributed by atoms with Gasteiger partial charge in [-0.1, -0.05) is 53.3 Å². The van der Waals surface area contributed by atoms with Crippen LogP contribution in [0.3, 0.4) is 0 Å². The lowest BCUT2D eigenvalue weighted by atomic mass is 10.3. The Balaban J connectivity index is 1.53. The van der Waals surface area contributed by atoms with Gasteiger partial charge in [0.2, 0.25) is 5.01 Å².